The lowest BCUT2D eigenvalue weighted by molar-refractivity contribution is 0.669. The molecule has 0 saturated heterocycles. The average molecular weight is 552 g/mol. The topological polar surface area (TPSA) is 31.0 Å². The minimum absolute atomic E-state index is 0.270. The predicted octanol–water partition coefficient (Wildman–Crippen LogP) is 11.1. The zero-order valence-electron chi connectivity index (χ0n) is 27.7. The molecule has 208 valence electrons. The summed E-state index contributed by atoms with van der Waals surface area (Å²) >= 11 is 0. The second-order valence-corrected chi connectivity index (χ2v) is 11.9. The van der Waals surface area contributed by atoms with Gasteiger partial charge in [-0.05, 0) is 83.8 Å². The molecule has 0 amide bonds. The maximum Gasteiger partial charge on any atom is 0.149 e. The number of aromatic nitrogens is 2. The van der Waals surface area contributed by atoms with Crippen molar-refractivity contribution in [3.05, 3.63) is 119 Å². The van der Waals surface area contributed by atoms with Crippen LogP contribution in [0.15, 0.2) is 101 Å². The van der Waals surface area contributed by atoms with Crippen LogP contribution in [0.5, 0.6) is 0 Å². The van der Waals surface area contributed by atoms with Crippen LogP contribution in [0.2, 0.25) is 0 Å². The fraction of sp³-hybridized carbons (Fsp3) is 0.205. The van der Waals surface area contributed by atoms with Crippen molar-refractivity contribution in [1.29, 1.82) is 0 Å². The van der Waals surface area contributed by atoms with Crippen molar-refractivity contribution < 1.29 is 8.53 Å². The largest absolute Gasteiger partial charge is 0.455 e. The Hall–Kier alpha value is -4.63. The molecular formula is C39H36N2O. The van der Waals surface area contributed by atoms with E-state index in [-0.39, 0.29) is 17.4 Å². The van der Waals surface area contributed by atoms with Gasteiger partial charge >= 0.3 is 0 Å². The minimum Gasteiger partial charge on any atom is -0.455 e. The van der Waals surface area contributed by atoms with E-state index in [4.69, 9.17) is 13.5 Å². The molecular weight excluding hydrogens is 512 g/mol. The summed E-state index contributed by atoms with van der Waals surface area (Å²) in [5.41, 5.74) is 11.0. The van der Waals surface area contributed by atoms with Gasteiger partial charge in [-0.15, -0.1) is 0 Å². The van der Waals surface area contributed by atoms with Gasteiger partial charge in [0.2, 0.25) is 0 Å². The molecule has 0 atom stereocenters. The van der Waals surface area contributed by atoms with Crippen molar-refractivity contribution >= 4 is 33.0 Å². The maximum absolute atomic E-state index is 8.43. The van der Waals surface area contributed by atoms with Crippen LogP contribution in [0.3, 0.4) is 0 Å². The Morgan fingerprint density at radius 1 is 0.762 bits per heavy atom. The zero-order chi connectivity index (χ0) is 31.6. The average Bonchev–Trinajstić information content (AvgIpc) is 3.58. The Morgan fingerprint density at radius 2 is 1.48 bits per heavy atom. The summed E-state index contributed by atoms with van der Waals surface area (Å²) in [5, 5.41) is 1.39. The Kier molecular flexibility index (Phi) is 5.49. The molecule has 0 bridgehead atoms. The quantitative estimate of drug-likeness (QED) is 0.213. The number of rotatable bonds is 5. The Bertz CT molecular complexity index is 2190. The highest BCUT2D eigenvalue weighted by atomic mass is 16.3. The SMILES string of the molecule is [2H]C([2H])([2H])c1ccc(-c2nc3ccccc3n2-c2c(C(C)C)cc(C)cc2C(C)C)c2oc3cc(-c4ccccc4)ccc3c12. The van der Waals surface area contributed by atoms with E-state index in [0.29, 0.717) is 16.6 Å². The first-order valence-electron chi connectivity index (χ1n) is 16.2. The monoisotopic (exact) mass is 551 g/mol. The molecule has 0 radical (unpaired) electrons. The van der Waals surface area contributed by atoms with Crippen molar-refractivity contribution in [2.45, 2.75) is 53.3 Å². The highest BCUT2D eigenvalue weighted by molar-refractivity contribution is 6.12. The molecule has 0 unspecified atom stereocenters. The van der Waals surface area contributed by atoms with Crippen LogP contribution in [0, 0.1) is 13.8 Å². The summed E-state index contributed by atoms with van der Waals surface area (Å²) in [5.74, 6) is 1.27. The van der Waals surface area contributed by atoms with Crippen molar-refractivity contribution in [3.63, 3.8) is 0 Å². The van der Waals surface area contributed by atoms with Crippen LogP contribution in [0.25, 0.3) is 61.2 Å². The van der Waals surface area contributed by atoms with E-state index >= 15 is 0 Å². The molecule has 0 aliphatic carbocycles. The molecule has 7 rings (SSSR count). The van der Waals surface area contributed by atoms with Gasteiger partial charge in [-0.1, -0.05) is 100.0 Å². The highest BCUT2D eigenvalue weighted by Gasteiger charge is 2.25. The normalized spacial score (nSPS) is 13.4. The van der Waals surface area contributed by atoms with Crippen LogP contribution in [0.4, 0.5) is 0 Å². The summed E-state index contributed by atoms with van der Waals surface area (Å²) in [4.78, 5) is 5.22. The van der Waals surface area contributed by atoms with Crippen LogP contribution >= 0.6 is 0 Å². The van der Waals surface area contributed by atoms with Crippen molar-refractivity contribution in [2.75, 3.05) is 0 Å². The third-order valence-corrected chi connectivity index (χ3v) is 8.31. The molecule has 2 aromatic heterocycles. The number of nitrogens with zero attached hydrogens (tertiary/aromatic N) is 2. The van der Waals surface area contributed by atoms with Crippen LogP contribution < -0.4 is 0 Å². The number of fused-ring (bicyclic) bond motifs is 4. The van der Waals surface area contributed by atoms with Gasteiger partial charge in [0.15, 0.2) is 0 Å². The molecule has 2 heterocycles. The number of furan rings is 1. The molecule has 0 aliphatic heterocycles. The van der Waals surface area contributed by atoms with E-state index in [2.05, 4.69) is 69.5 Å². The summed E-state index contributed by atoms with van der Waals surface area (Å²) in [6.07, 6.45) is 0. The van der Waals surface area contributed by atoms with Gasteiger partial charge in [0.1, 0.15) is 17.0 Å². The van der Waals surface area contributed by atoms with Gasteiger partial charge < -0.3 is 4.42 Å². The smallest absolute Gasteiger partial charge is 0.149 e. The van der Waals surface area contributed by atoms with Gasteiger partial charge in [0, 0.05) is 14.9 Å². The number of para-hydroxylation sites is 2. The summed E-state index contributed by atoms with van der Waals surface area (Å²) in [7, 11) is 0. The molecule has 7 aromatic rings. The van der Waals surface area contributed by atoms with Crippen molar-refractivity contribution in [3.8, 4) is 28.2 Å². The summed E-state index contributed by atoms with van der Waals surface area (Å²) in [6.45, 7) is 8.76. The van der Waals surface area contributed by atoms with Gasteiger partial charge in [-0.3, -0.25) is 4.57 Å². The molecule has 42 heavy (non-hydrogen) atoms. The molecule has 3 heteroatoms. The first kappa shape index (κ1) is 23.0. The standard InChI is InChI=1S/C39H36N2O/c1-23(2)31-20-25(5)21-32(24(3)4)37(31)41-34-15-11-10-14-33(34)40-39(41)30-18-16-26(6)36-29-19-17-28(22-35(29)42-38(30)36)27-12-8-7-9-13-27/h7-24H,1-6H3/i6D3. The molecule has 0 saturated carbocycles. The summed E-state index contributed by atoms with van der Waals surface area (Å²) in [6, 6.07) is 32.5. The van der Waals surface area contributed by atoms with Crippen LogP contribution in [0.1, 0.15) is 65.9 Å². The fourth-order valence-corrected chi connectivity index (χ4v) is 6.27. The van der Waals surface area contributed by atoms with E-state index in [1.54, 1.807) is 6.07 Å². The summed E-state index contributed by atoms with van der Waals surface area (Å²) < 4.78 is 34.2. The van der Waals surface area contributed by atoms with Crippen LogP contribution in [-0.4, -0.2) is 9.55 Å². The van der Waals surface area contributed by atoms with E-state index in [1.165, 1.54) is 16.7 Å². The number of aryl methyl sites for hydroxylation is 2. The maximum atomic E-state index is 8.43. The first-order valence-corrected chi connectivity index (χ1v) is 14.7. The third kappa shape index (κ3) is 4.15. The van der Waals surface area contributed by atoms with Crippen LogP contribution in [-0.2, 0) is 0 Å². The second-order valence-electron chi connectivity index (χ2n) is 11.9. The van der Waals surface area contributed by atoms with E-state index in [0.717, 1.165) is 44.6 Å². The van der Waals surface area contributed by atoms with Crippen molar-refractivity contribution in [1.82, 2.24) is 9.55 Å². The third-order valence-electron chi connectivity index (χ3n) is 8.31. The minimum atomic E-state index is -2.32. The lowest BCUT2D eigenvalue weighted by atomic mass is 9.90. The Morgan fingerprint density at radius 3 is 2.19 bits per heavy atom. The molecule has 0 spiro atoms. The van der Waals surface area contributed by atoms with E-state index < -0.39 is 6.85 Å². The molecule has 0 aliphatic rings. The first-order chi connectivity index (χ1) is 21.5. The Balaban J connectivity index is 1.60. The van der Waals surface area contributed by atoms with Crippen molar-refractivity contribution in [2.24, 2.45) is 0 Å². The molecule has 5 aromatic carbocycles. The number of hydrogen-bond donors (Lipinski definition) is 0. The number of benzene rings is 5. The van der Waals surface area contributed by atoms with Gasteiger partial charge in [0.05, 0.1) is 22.3 Å². The van der Waals surface area contributed by atoms with Gasteiger partial charge in [-0.2, -0.15) is 0 Å². The lowest BCUT2D eigenvalue weighted by Gasteiger charge is -2.23. The van der Waals surface area contributed by atoms with Gasteiger partial charge in [-0.25, -0.2) is 4.98 Å². The molecule has 3 nitrogen and oxygen atoms in total. The predicted molar refractivity (Wildman–Crippen MR) is 177 cm³/mol. The number of hydrogen-bond acceptors (Lipinski definition) is 2. The van der Waals surface area contributed by atoms with Gasteiger partial charge in [0.25, 0.3) is 0 Å². The molecule has 0 fully saturated rings. The highest BCUT2D eigenvalue weighted by Crippen LogP contribution is 2.42. The fourth-order valence-electron chi connectivity index (χ4n) is 6.27. The second kappa shape index (κ2) is 10.0. The zero-order valence-corrected chi connectivity index (χ0v) is 24.7. The van der Waals surface area contributed by atoms with E-state index in [1.807, 2.05) is 60.7 Å². The molecule has 0 N–H and O–H groups in total. The van der Waals surface area contributed by atoms with E-state index in [9.17, 15) is 0 Å². The Labute approximate surface area is 251 Å². The number of imidazole rings is 1. The lowest BCUT2D eigenvalue weighted by Crippen LogP contribution is -2.09.